The van der Waals surface area contributed by atoms with Crippen LogP contribution in [0.3, 0.4) is 0 Å². The molecule has 6 nitrogen and oxygen atoms in total. The minimum absolute atomic E-state index is 0.144. The second-order valence-corrected chi connectivity index (χ2v) is 5.87. The number of nitro benzene ring substituents is 1. The lowest BCUT2D eigenvalue weighted by Crippen LogP contribution is -2.25. The Kier molecular flexibility index (Phi) is 3.85. The van der Waals surface area contributed by atoms with E-state index in [-0.39, 0.29) is 17.3 Å². The number of benzene rings is 3. The first kappa shape index (κ1) is 15.8. The smallest absolute Gasteiger partial charge is 0.292 e. The van der Waals surface area contributed by atoms with Crippen LogP contribution in [-0.4, -0.2) is 10.8 Å². The maximum atomic E-state index is 13.1. The van der Waals surface area contributed by atoms with Crippen LogP contribution in [0.5, 0.6) is 11.5 Å². The fourth-order valence-corrected chi connectivity index (χ4v) is 3.14. The molecule has 0 fully saturated rings. The topological polar surface area (TPSA) is 81.5 Å². The van der Waals surface area contributed by atoms with Gasteiger partial charge in [0, 0.05) is 17.2 Å². The van der Waals surface area contributed by atoms with Crippen LogP contribution in [0.2, 0.25) is 0 Å². The molecule has 4 rings (SSSR count). The van der Waals surface area contributed by atoms with Crippen molar-refractivity contribution in [3.05, 3.63) is 94.0 Å². The summed E-state index contributed by atoms with van der Waals surface area (Å²) in [7, 11) is 0. The van der Waals surface area contributed by atoms with Crippen molar-refractivity contribution in [2.75, 3.05) is 5.32 Å². The number of fused-ring (bicyclic) bond motifs is 2. The predicted octanol–water partition coefficient (Wildman–Crippen LogP) is 4.47. The third-order valence-electron chi connectivity index (χ3n) is 4.30. The highest BCUT2D eigenvalue weighted by molar-refractivity contribution is 6.00. The van der Waals surface area contributed by atoms with Crippen molar-refractivity contribution in [3.8, 4) is 11.5 Å². The second-order valence-electron chi connectivity index (χ2n) is 5.87. The van der Waals surface area contributed by atoms with Gasteiger partial charge in [-0.15, -0.1) is 0 Å². The van der Waals surface area contributed by atoms with Crippen LogP contribution in [0.25, 0.3) is 0 Å². The van der Waals surface area contributed by atoms with Crippen molar-refractivity contribution >= 4 is 17.3 Å². The first-order valence-corrected chi connectivity index (χ1v) is 8.05. The summed E-state index contributed by atoms with van der Waals surface area (Å²) < 4.78 is 5.88. The van der Waals surface area contributed by atoms with Crippen LogP contribution in [0, 0.1) is 10.1 Å². The normalized spacial score (nSPS) is 12.5. The summed E-state index contributed by atoms with van der Waals surface area (Å²) >= 11 is 0. The molecule has 3 aromatic carbocycles. The molecule has 0 aliphatic carbocycles. The molecule has 6 heteroatoms. The van der Waals surface area contributed by atoms with Gasteiger partial charge in [-0.2, -0.15) is 0 Å². The van der Waals surface area contributed by atoms with E-state index in [2.05, 4.69) is 5.32 Å². The quantitative estimate of drug-likeness (QED) is 0.560. The molecule has 26 heavy (non-hydrogen) atoms. The van der Waals surface area contributed by atoms with E-state index in [0.29, 0.717) is 11.5 Å². The van der Waals surface area contributed by atoms with Crippen LogP contribution in [-0.2, 0) is 4.79 Å². The molecule has 0 aromatic heterocycles. The highest BCUT2D eigenvalue weighted by Crippen LogP contribution is 2.44. The Morgan fingerprint density at radius 1 is 0.885 bits per heavy atom. The van der Waals surface area contributed by atoms with E-state index in [1.165, 1.54) is 12.1 Å². The van der Waals surface area contributed by atoms with Gasteiger partial charge in [0.2, 0.25) is 5.91 Å². The molecule has 0 radical (unpaired) electrons. The molecular formula is C20H14N2O4. The standard InChI is InChI=1S/C20H14N2O4/c23-20(21-15-9-3-4-10-16(15)22(24)25)19-13-7-1-5-11-17(13)26-18-12-6-2-8-14(18)19/h1-12,19H,(H,21,23). The fraction of sp³-hybridized carbons (Fsp3) is 0.0500. The molecule has 0 bridgehead atoms. The number of rotatable bonds is 3. The third kappa shape index (κ3) is 2.67. The summed E-state index contributed by atoms with van der Waals surface area (Å²) in [4.78, 5) is 23.8. The maximum absolute atomic E-state index is 13.1. The molecule has 0 atom stereocenters. The summed E-state index contributed by atoms with van der Waals surface area (Å²) in [5.41, 5.74) is 1.48. The van der Waals surface area contributed by atoms with Gasteiger partial charge in [0.15, 0.2) is 0 Å². The second kappa shape index (κ2) is 6.33. The van der Waals surface area contributed by atoms with Crippen molar-refractivity contribution in [2.45, 2.75) is 5.92 Å². The van der Waals surface area contributed by atoms with Crippen LogP contribution >= 0.6 is 0 Å². The third-order valence-corrected chi connectivity index (χ3v) is 4.30. The summed E-state index contributed by atoms with van der Waals surface area (Å²) in [6.07, 6.45) is 0. The number of anilines is 1. The summed E-state index contributed by atoms with van der Waals surface area (Å²) in [5.74, 6) is 0.251. The molecule has 1 N–H and O–H groups in total. The largest absolute Gasteiger partial charge is 0.457 e. The zero-order chi connectivity index (χ0) is 18.1. The van der Waals surface area contributed by atoms with Gasteiger partial charge in [-0.3, -0.25) is 14.9 Å². The summed E-state index contributed by atoms with van der Waals surface area (Å²) in [5, 5.41) is 13.9. The van der Waals surface area contributed by atoms with Gasteiger partial charge < -0.3 is 10.1 Å². The summed E-state index contributed by atoms with van der Waals surface area (Å²) in [6.45, 7) is 0. The minimum Gasteiger partial charge on any atom is -0.457 e. The number of carbonyl (C=O) groups is 1. The SMILES string of the molecule is O=C(Nc1ccccc1[N+](=O)[O-])C1c2ccccc2Oc2ccccc21. The molecule has 0 saturated carbocycles. The zero-order valence-electron chi connectivity index (χ0n) is 13.6. The van der Waals surface area contributed by atoms with Crippen molar-refractivity contribution in [1.82, 2.24) is 0 Å². The van der Waals surface area contributed by atoms with E-state index in [1.54, 1.807) is 24.3 Å². The number of ether oxygens (including phenoxy) is 1. The first-order valence-electron chi connectivity index (χ1n) is 8.05. The molecule has 0 saturated heterocycles. The zero-order valence-corrected chi connectivity index (χ0v) is 13.6. The van der Waals surface area contributed by atoms with E-state index in [4.69, 9.17) is 4.74 Å². The molecule has 128 valence electrons. The van der Waals surface area contributed by atoms with Crippen LogP contribution in [0.1, 0.15) is 17.0 Å². The highest BCUT2D eigenvalue weighted by atomic mass is 16.6. The van der Waals surface area contributed by atoms with Crippen molar-refractivity contribution in [2.24, 2.45) is 0 Å². The molecule has 1 aliphatic rings. The van der Waals surface area contributed by atoms with Crippen molar-refractivity contribution in [1.29, 1.82) is 0 Å². The number of nitrogens with one attached hydrogen (secondary N) is 1. The molecule has 1 heterocycles. The van der Waals surface area contributed by atoms with Gasteiger partial charge in [-0.1, -0.05) is 48.5 Å². The number of hydrogen-bond donors (Lipinski definition) is 1. The number of para-hydroxylation sites is 4. The number of amides is 1. The highest BCUT2D eigenvalue weighted by Gasteiger charge is 2.33. The van der Waals surface area contributed by atoms with E-state index >= 15 is 0 Å². The molecule has 3 aromatic rings. The minimum atomic E-state index is -0.615. The maximum Gasteiger partial charge on any atom is 0.292 e. The number of nitrogens with zero attached hydrogens (tertiary/aromatic N) is 1. The molecule has 0 unspecified atom stereocenters. The Hall–Kier alpha value is -3.67. The van der Waals surface area contributed by atoms with Gasteiger partial charge in [-0.05, 0) is 18.2 Å². The van der Waals surface area contributed by atoms with Crippen molar-refractivity contribution in [3.63, 3.8) is 0 Å². The Labute approximate surface area is 149 Å². The van der Waals surface area contributed by atoms with Gasteiger partial charge >= 0.3 is 0 Å². The Morgan fingerprint density at radius 3 is 2.04 bits per heavy atom. The Morgan fingerprint density at radius 2 is 1.42 bits per heavy atom. The first-order chi connectivity index (χ1) is 12.6. The lowest BCUT2D eigenvalue weighted by molar-refractivity contribution is -0.383. The fourth-order valence-electron chi connectivity index (χ4n) is 3.14. The van der Waals surface area contributed by atoms with E-state index in [9.17, 15) is 14.9 Å². The lowest BCUT2D eigenvalue weighted by Gasteiger charge is -2.27. The van der Waals surface area contributed by atoms with Crippen molar-refractivity contribution < 1.29 is 14.5 Å². The van der Waals surface area contributed by atoms with Gasteiger partial charge in [0.05, 0.1) is 10.8 Å². The molecule has 1 amide bonds. The van der Waals surface area contributed by atoms with Crippen LogP contribution < -0.4 is 10.1 Å². The van der Waals surface area contributed by atoms with Gasteiger partial charge in [0.25, 0.3) is 5.69 Å². The van der Waals surface area contributed by atoms with E-state index in [0.717, 1.165) is 11.1 Å². The van der Waals surface area contributed by atoms with E-state index in [1.807, 2.05) is 36.4 Å². The van der Waals surface area contributed by atoms with Gasteiger partial charge in [0.1, 0.15) is 17.2 Å². The number of hydrogen-bond acceptors (Lipinski definition) is 4. The monoisotopic (exact) mass is 346 g/mol. The lowest BCUT2D eigenvalue weighted by atomic mass is 9.87. The van der Waals surface area contributed by atoms with Crippen LogP contribution in [0.4, 0.5) is 11.4 Å². The Bertz CT molecular complexity index is 970. The number of nitro groups is 1. The predicted molar refractivity (Wildman–Crippen MR) is 96.5 cm³/mol. The Balaban J connectivity index is 1.76. The summed E-state index contributed by atoms with van der Waals surface area (Å²) in [6, 6.07) is 20.7. The van der Waals surface area contributed by atoms with E-state index < -0.39 is 10.8 Å². The number of carbonyl (C=O) groups excluding carboxylic acids is 1. The average Bonchev–Trinajstić information content (AvgIpc) is 2.66. The van der Waals surface area contributed by atoms with Crippen LogP contribution in [0.15, 0.2) is 72.8 Å². The molecule has 0 spiro atoms. The molecular weight excluding hydrogens is 332 g/mol. The average molecular weight is 346 g/mol. The molecule has 1 aliphatic heterocycles. The van der Waals surface area contributed by atoms with Gasteiger partial charge in [-0.25, -0.2) is 0 Å².